The number of likely N-dealkylation sites (N-methyl/N-ethyl adjacent to an activating group) is 1. The number of nitrogens with one attached hydrogen (secondary N) is 2. The van der Waals surface area contributed by atoms with E-state index >= 15 is 0 Å². The van der Waals surface area contributed by atoms with Crippen molar-refractivity contribution in [3.8, 4) is 0 Å². The van der Waals surface area contributed by atoms with E-state index in [1.807, 2.05) is 0 Å². The van der Waals surface area contributed by atoms with E-state index in [0.29, 0.717) is 12.2 Å². The van der Waals surface area contributed by atoms with Crippen molar-refractivity contribution in [2.75, 3.05) is 45.1 Å². The number of amides is 2. The number of carbonyl (C=O) groups excluding carboxylic acids is 1. The van der Waals surface area contributed by atoms with Gasteiger partial charge < -0.3 is 15.5 Å². The number of hydrogen-bond donors (Lipinski definition) is 2. The van der Waals surface area contributed by atoms with E-state index in [0.717, 1.165) is 26.2 Å². The first-order valence-electron chi connectivity index (χ1n) is 8.37. The van der Waals surface area contributed by atoms with E-state index in [2.05, 4.69) is 44.3 Å². The van der Waals surface area contributed by atoms with Gasteiger partial charge in [0.1, 0.15) is 5.82 Å². The zero-order chi connectivity index (χ0) is 17.6. The van der Waals surface area contributed by atoms with E-state index in [1.54, 1.807) is 23.5 Å². The molecule has 2 heterocycles. The van der Waals surface area contributed by atoms with Crippen LogP contribution in [-0.4, -0.2) is 55.6 Å². The van der Waals surface area contributed by atoms with E-state index in [-0.39, 0.29) is 17.9 Å². The maximum absolute atomic E-state index is 12.9. The Bertz CT molecular complexity index is 669. The molecule has 2 aromatic rings. The number of piperazine rings is 1. The molecule has 0 saturated carbocycles. The van der Waals surface area contributed by atoms with Crippen molar-refractivity contribution >= 4 is 23.1 Å². The second kappa shape index (κ2) is 8.42. The summed E-state index contributed by atoms with van der Waals surface area (Å²) >= 11 is 1.67. The van der Waals surface area contributed by atoms with Gasteiger partial charge in [0.15, 0.2) is 0 Å². The number of halogens is 1. The zero-order valence-electron chi connectivity index (χ0n) is 14.2. The van der Waals surface area contributed by atoms with Crippen molar-refractivity contribution in [2.45, 2.75) is 6.04 Å². The second-order valence-corrected chi connectivity index (χ2v) is 7.03. The minimum atomic E-state index is -0.321. The molecule has 0 aliphatic carbocycles. The minimum Gasteiger partial charge on any atom is -0.336 e. The van der Waals surface area contributed by atoms with Crippen LogP contribution < -0.4 is 10.6 Å². The van der Waals surface area contributed by atoms with Gasteiger partial charge in [-0.25, -0.2) is 9.18 Å². The lowest BCUT2D eigenvalue weighted by Gasteiger charge is -2.37. The first-order chi connectivity index (χ1) is 12.1. The molecule has 1 fully saturated rings. The predicted molar refractivity (Wildman–Crippen MR) is 99.6 cm³/mol. The lowest BCUT2D eigenvalue weighted by atomic mass is 10.1. The standard InChI is InChI=1S/C18H23FN4OS/c1-22-7-9-23(10-8-22)17(14-6-11-25-13-14)12-20-18(24)21-16-4-2-15(19)3-5-16/h2-6,11,13,17H,7-10,12H2,1H3,(H2,20,21,24). The molecule has 5 nitrogen and oxygen atoms in total. The maximum atomic E-state index is 12.9. The second-order valence-electron chi connectivity index (χ2n) is 6.25. The highest BCUT2D eigenvalue weighted by Crippen LogP contribution is 2.23. The van der Waals surface area contributed by atoms with Crippen LogP contribution in [0.15, 0.2) is 41.1 Å². The molecule has 7 heteroatoms. The summed E-state index contributed by atoms with van der Waals surface area (Å²) in [5.74, 6) is -0.321. The Morgan fingerprint density at radius 1 is 1.20 bits per heavy atom. The summed E-state index contributed by atoms with van der Waals surface area (Å²) in [4.78, 5) is 16.9. The summed E-state index contributed by atoms with van der Waals surface area (Å²) in [6.07, 6.45) is 0. The number of benzene rings is 1. The van der Waals surface area contributed by atoms with Gasteiger partial charge in [-0.05, 0) is 53.7 Å². The molecule has 1 saturated heterocycles. The molecule has 0 radical (unpaired) electrons. The molecule has 0 bridgehead atoms. The summed E-state index contributed by atoms with van der Waals surface area (Å²) in [5.41, 5.74) is 1.81. The van der Waals surface area contributed by atoms with Gasteiger partial charge in [-0.3, -0.25) is 4.90 Å². The van der Waals surface area contributed by atoms with E-state index in [1.165, 1.54) is 17.7 Å². The summed E-state index contributed by atoms with van der Waals surface area (Å²) in [5, 5.41) is 9.89. The Balaban J connectivity index is 1.58. The molecular weight excluding hydrogens is 339 g/mol. The minimum absolute atomic E-state index is 0.166. The number of nitrogens with zero attached hydrogens (tertiary/aromatic N) is 2. The third-order valence-electron chi connectivity index (χ3n) is 4.46. The summed E-state index contributed by atoms with van der Waals surface area (Å²) in [6.45, 7) is 4.56. The maximum Gasteiger partial charge on any atom is 0.319 e. The first-order valence-corrected chi connectivity index (χ1v) is 9.31. The molecule has 2 N–H and O–H groups in total. The van der Waals surface area contributed by atoms with E-state index < -0.39 is 0 Å². The molecule has 0 spiro atoms. The van der Waals surface area contributed by atoms with Crippen molar-refractivity contribution < 1.29 is 9.18 Å². The Kier molecular flexibility index (Phi) is 6.01. The molecule has 1 aliphatic heterocycles. The molecule has 1 aromatic carbocycles. The third-order valence-corrected chi connectivity index (χ3v) is 5.17. The van der Waals surface area contributed by atoms with Crippen LogP contribution in [0, 0.1) is 5.82 Å². The van der Waals surface area contributed by atoms with Crippen LogP contribution in [-0.2, 0) is 0 Å². The van der Waals surface area contributed by atoms with Crippen molar-refractivity contribution in [3.05, 3.63) is 52.5 Å². The van der Waals surface area contributed by atoms with Gasteiger partial charge in [-0.1, -0.05) is 0 Å². The molecule has 1 unspecified atom stereocenters. The number of hydrogen-bond acceptors (Lipinski definition) is 4. The van der Waals surface area contributed by atoms with Crippen molar-refractivity contribution in [1.82, 2.24) is 15.1 Å². The highest BCUT2D eigenvalue weighted by molar-refractivity contribution is 7.07. The zero-order valence-corrected chi connectivity index (χ0v) is 15.1. The van der Waals surface area contributed by atoms with Crippen LogP contribution in [0.1, 0.15) is 11.6 Å². The number of thiophene rings is 1. The molecule has 1 atom stereocenters. The fourth-order valence-electron chi connectivity index (χ4n) is 2.95. The molecule has 2 amide bonds. The van der Waals surface area contributed by atoms with Crippen LogP contribution in [0.2, 0.25) is 0 Å². The summed E-state index contributed by atoms with van der Waals surface area (Å²) in [7, 11) is 2.13. The quantitative estimate of drug-likeness (QED) is 0.860. The average molecular weight is 362 g/mol. The molecule has 3 rings (SSSR count). The van der Waals surface area contributed by atoms with Crippen molar-refractivity contribution in [2.24, 2.45) is 0 Å². The van der Waals surface area contributed by atoms with Crippen LogP contribution >= 0.6 is 11.3 Å². The molecule has 1 aliphatic rings. The molecule has 134 valence electrons. The van der Waals surface area contributed by atoms with Gasteiger partial charge in [0.25, 0.3) is 0 Å². The summed E-state index contributed by atoms with van der Waals surface area (Å²) in [6, 6.07) is 7.76. The Labute approximate surface area is 151 Å². The van der Waals surface area contributed by atoms with Crippen LogP contribution in [0.5, 0.6) is 0 Å². The highest BCUT2D eigenvalue weighted by atomic mass is 32.1. The van der Waals surface area contributed by atoms with Crippen LogP contribution in [0.4, 0.5) is 14.9 Å². The Hall–Kier alpha value is -1.96. The number of anilines is 1. The summed E-state index contributed by atoms with van der Waals surface area (Å²) < 4.78 is 12.9. The average Bonchev–Trinajstić information content (AvgIpc) is 3.13. The van der Waals surface area contributed by atoms with E-state index in [9.17, 15) is 9.18 Å². The molecule has 1 aromatic heterocycles. The van der Waals surface area contributed by atoms with Gasteiger partial charge in [0.2, 0.25) is 0 Å². The predicted octanol–water partition coefficient (Wildman–Crippen LogP) is 3.00. The number of urea groups is 1. The highest BCUT2D eigenvalue weighted by Gasteiger charge is 2.24. The van der Waals surface area contributed by atoms with Gasteiger partial charge in [-0.2, -0.15) is 11.3 Å². The fraction of sp³-hybridized carbons (Fsp3) is 0.389. The number of carbonyl (C=O) groups is 1. The van der Waals surface area contributed by atoms with Gasteiger partial charge in [0, 0.05) is 38.4 Å². The monoisotopic (exact) mass is 362 g/mol. The SMILES string of the molecule is CN1CCN(C(CNC(=O)Nc2ccc(F)cc2)c2ccsc2)CC1. The van der Waals surface area contributed by atoms with Crippen molar-refractivity contribution in [1.29, 1.82) is 0 Å². The first kappa shape index (κ1) is 17.8. The van der Waals surface area contributed by atoms with E-state index in [4.69, 9.17) is 0 Å². The lowest BCUT2D eigenvalue weighted by Crippen LogP contribution is -2.48. The molecular formula is C18H23FN4OS. The fourth-order valence-corrected chi connectivity index (χ4v) is 3.66. The van der Waals surface area contributed by atoms with Gasteiger partial charge in [-0.15, -0.1) is 0 Å². The largest absolute Gasteiger partial charge is 0.336 e. The molecule has 25 heavy (non-hydrogen) atoms. The van der Waals surface area contributed by atoms with Crippen LogP contribution in [0.3, 0.4) is 0 Å². The van der Waals surface area contributed by atoms with Crippen LogP contribution in [0.25, 0.3) is 0 Å². The Morgan fingerprint density at radius 2 is 1.92 bits per heavy atom. The topological polar surface area (TPSA) is 47.6 Å². The van der Waals surface area contributed by atoms with Crippen molar-refractivity contribution in [3.63, 3.8) is 0 Å². The number of rotatable bonds is 5. The third kappa shape index (κ3) is 5.01. The lowest BCUT2D eigenvalue weighted by molar-refractivity contribution is 0.111. The van der Waals surface area contributed by atoms with Gasteiger partial charge in [0.05, 0.1) is 6.04 Å². The van der Waals surface area contributed by atoms with Gasteiger partial charge >= 0.3 is 6.03 Å². The smallest absolute Gasteiger partial charge is 0.319 e. The Morgan fingerprint density at radius 3 is 2.56 bits per heavy atom. The normalized spacial score (nSPS) is 17.2.